The summed E-state index contributed by atoms with van der Waals surface area (Å²) < 4.78 is 7.87. The minimum absolute atomic E-state index is 0.293. The van der Waals surface area contributed by atoms with Crippen molar-refractivity contribution in [1.29, 1.82) is 0 Å². The van der Waals surface area contributed by atoms with Gasteiger partial charge in [0.25, 0.3) is 0 Å². The van der Waals surface area contributed by atoms with Crippen LogP contribution in [0, 0.1) is 0 Å². The van der Waals surface area contributed by atoms with Gasteiger partial charge in [0.1, 0.15) is 0 Å². The van der Waals surface area contributed by atoms with Gasteiger partial charge in [0.05, 0.1) is 12.7 Å². The van der Waals surface area contributed by atoms with Crippen LogP contribution >= 0.6 is 0 Å². The first-order chi connectivity index (χ1) is 7.20. The minimum atomic E-state index is 0.293. The quantitative estimate of drug-likeness (QED) is 0.671. The fourth-order valence-corrected chi connectivity index (χ4v) is 1.31. The van der Waals surface area contributed by atoms with Gasteiger partial charge >= 0.3 is 0 Å². The van der Waals surface area contributed by atoms with Gasteiger partial charge in [0.2, 0.25) is 0 Å². The van der Waals surface area contributed by atoms with Crippen LogP contribution in [0.25, 0.3) is 11.1 Å². The van der Waals surface area contributed by atoms with E-state index in [1.165, 1.54) is 0 Å². The largest absolute Gasteiger partial charge is 0.397 e. The zero-order chi connectivity index (χ0) is 10.8. The van der Waals surface area contributed by atoms with Crippen molar-refractivity contribution in [3.63, 3.8) is 0 Å². The van der Waals surface area contributed by atoms with Crippen LogP contribution in [0.5, 0.6) is 0 Å². The molecule has 0 aliphatic rings. The molecule has 70 valence electrons. The maximum absolute atomic E-state index is 7.87. The lowest BCUT2D eigenvalue weighted by Gasteiger charge is -2.04. The molecule has 0 unspecified atom stereocenters. The molecule has 0 saturated heterocycles. The van der Waals surface area contributed by atoms with Crippen LogP contribution in [-0.4, -0.2) is 0 Å². The van der Waals surface area contributed by atoms with E-state index < -0.39 is 0 Å². The molecule has 0 radical (unpaired) electrons. The fourth-order valence-electron chi connectivity index (χ4n) is 1.31. The van der Waals surface area contributed by atoms with E-state index in [1.54, 1.807) is 6.07 Å². The van der Waals surface area contributed by atoms with Gasteiger partial charge in [-0.05, 0) is 23.2 Å². The van der Waals surface area contributed by atoms with Gasteiger partial charge in [0.15, 0.2) is 0 Å². The smallest absolute Gasteiger partial charge is 0.0652 e. The summed E-state index contributed by atoms with van der Waals surface area (Å²) in [6.45, 7) is 0. The molecule has 0 aromatic heterocycles. The average molecular weight is 185 g/mol. The Balaban J connectivity index is 2.60. The summed E-state index contributed by atoms with van der Waals surface area (Å²) in [5.74, 6) is 0. The van der Waals surface area contributed by atoms with Crippen molar-refractivity contribution in [1.82, 2.24) is 0 Å². The molecule has 0 fully saturated rings. The lowest BCUT2D eigenvalue weighted by molar-refractivity contribution is 1.61. The van der Waals surface area contributed by atoms with E-state index in [0.29, 0.717) is 17.4 Å². The number of nitrogens with two attached hydrogens (primary N) is 2. The third-order valence-corrected chi connectivity index (χ3v) is 2.09. The molecule has 0 amide bonds. The van der Waals surface area contributed by atoms with Gasteiger partial charge in [-0.15, -0.1) is 0 Å². The van der Waals surface area contributed by atoms with Crippen molar-refractivity contribution in [2.24, 2.45) is 0 Å². The highest BCUT2D eigenvalue weighted by Gasteiger charge is 1.98. The monoisotopic (exact) mass is 185 g/mol. The van der Waals surface area contributed by atoms with E-state index in [2.05, 4.69) is 0 Å². The van der Waals surface area contributed by atoms with Crippen LogP contribution in [0.15, 0.2) is 48.5 Å². The predicted molar refractivity (Wildman–Crippen MR) is 60.7 cm³/mol. The zero-order valence-corrected chi connectivity index (χ0v) is 7.70. The SMILES string of the molecule is [2H]c1c(-c2ccccc2)ccc(N)c1N. The third kappa shape index (κ3) is 1.55. The highest BCUT2D eigenvalue weighted by Crippen LogP contribution is 2.24. The Bertz CT molecular complexity index is 480. The average Bonchev–Trinajstić information content (AvgIpc) is 2.27. The van der Waals surface area contributed by atoms with Crippen LogP contribution < -0.4 is 11.5 Å². The lowest BCUT2D eigenvalue weighted by atomic mass is 10.0. The first-order valence-corrected chi connectivity index (χ1v) is 4.40. The van der Waals surface area contributed by atoms with E-state index in [0.717, 1.165) is 11.1 Å². The van der Waals surface area contributed by atoms with Gasteiger partial charge in [-0.25, -0.2) is 0 Å². The van der Waals surface area contributed by atoms with Gasteiger partial charge in [-0.1, -0.05) is 36.4 Å². The van der Waals surface area contributed by atoms with E-state index >= 15 is 0 Å². The normalized spacial score (nSPS) is 11.0. The summed E-state index contributed by atoms with van der Waals surface area (Å²) in [5.41, 5.74) is 13.9. The number of hydrogen-bond acceptors (Lipinski definition) is 2. The van der Waals surface area contributed by atoms with Crippen molar-refractivity contribution in [2.75, 3.05) is 11.5 Å². The summed E-state index contributed by atoms with van der Waals surface area (Å²) in [4.78, 5) is 0. The molecule has 2 aromatic rings. The number of nitrogen functional groups attached to an aromatic ring is 2. The summed E-state index contributed by atoms with van der Waals surface area (Å²) in [7, 11) is 0. The second kappa shape index (κ2) is 3.42. The van der Waals surface area contributed by atoms with Crippen LogP contribution in [0.4, 0.5) is 11.4 Å². The number of rotatable bonds is 1. The maximum Gasteiger partial charge on any atom is 0.0652 e. The summed E-state index contributed by atoms with van der Waals surface area (Å²) in [5, 5.41) is 0. The molecule has 4 N–H and O–H groups in total. The Hall–Kier alpha value is -1.96. The summed E-state index contributed by atoms with van der Waals surface area (Å²) in [6.07, 6.45) is 0. The first kappa shape index (κ1) is 7.44. The Morgan fingerprint density at radius 3 is 2.21 bits per heavy atom. The second-order valence-corrected chi connectivity index (χ2v) is 3.11. The number of anilines is 2. The molecule has 0 aliphatic heterocycles. The van der Waals surface area contributed by atoms with E-state index in [4.69, 9.17) is 12.8 Å². The molecule has 14 heavy (non-hydrogen) atoms. The molecule has 2 heteroatoms. The van der Waals surface area contributed by atoms with E-state index in [1.807, 2.05) is 36.4 Å². The van der Waals surface area contributed by atoms with Crippen LogP contribution in [0.1, 0.15) is 1.37 Å². The molecule has 0 heterocycles. The maximum atomic E-state index is 7.87. The first-order valence-electron chi connectivity index (χ1n) is 4.90. The lowest BCUT2D eigenvalue weighted by Crippen LogP contribution is -1.94. The third-order valence-electron chi connectivity index (χ3n) is 2.09. The van der Waals surface area contributed by atoms with Crippen molar-refractivity contribution in [2.45, 2.75) is 0 Å². The standard InChI is InChI=1S/C12H12N2/c13-11-7-6-10(8-12(11)14)9-4-2-1-3-5-9/h1-8H,13-14H2/i8D. The predicted octanol–water partition coefficient (Wildman–Crippen LogP) is 2.52. The molecular formula is C12H12N2. The van der Waals surface area contributed by atoms with Crippen molar-refractivity contribution >= 4 is 11.4 Å². The molecule has 2 aromatic carbocycles. The Morgan fingerprint density at radius 2 is 1.50 bits per heavy atom. The Morgan fingerprint density at radius 1 is 0.786 bits per heavy atom. The molecule has 0 bridgehead atoms. The van der Waals surface area contributed by atoms with Crippen molar-refractivity contribution in [3.8, 4) is 11.1 Å². The van der Waals surface area contributed by atoms with Crippen molar-refractivity contribution in [3.05, 3.63) is 48.5 Å². The van der Waals surface area contributed by atoms with Gasteiger partial charge in [0, 0.05) is 0 Å². The minimum Gasteiger partial charge on any atom is -0.397 e. The zero-order valence-electron chi connectivity index (χ0n) is 8.70. The van der Waals surface area contributed by atoms with Gasteiger partial charge in [-0.2, -0.15) is 0 Å². The molecule has 2 rings (SSSR count). The van der Waals surface area contributed by atoms with E-state index in [-0.39, 0.29) is 0 Å². The molecule has 0 atom stereocenters. The summed E-state index contributed by atoms with van der Waals surface area (Å²) >= 11 is 0. The van der Waals surface area contributed by atoms with Crippen LogP contribution in [-0.2, 0) is 0 Å². The highest BCUT2D eigenvalue weighted by atomic mass is 14.7. The van der Waals surface area contributed by atoms with Crippen LogP contribution in [0.2, 0.25) is 0 Å². The molecule has 2 nitrogen and oxygen atoms in total. The molecular weight excluding hydrogens is 172 g/mol. The fraction of sp³-hybridized carbons (Fsp3) is 0. The van der Waals surface area contributed by atoms with Crippen LogP contribution in [0.3, 0.4) is 0 Å². The second-order valence-electron chi connectivity index (χ2n) is 3.11. The number of hydrogen-bond donors (Lipinski definition) is 2. The van der Waals surface area contributed by atoms with Gasteiger partial charge in [-0.3, -0.25) is 0 Å². The molecule has 0 spiro atoms. The van der Waals surface area contributed by atoms with Gasteiger partial charge < -0.3 is 11.5 Å². The molecule has 0 saturated carbocycles. The highest BCUT2D eigenvalue weighted by molar-refractivity contribution is 5.74. The Labute approximate surface area is 84.6 Å². The number of benzene rings is 2. The summed E-state index contributed by atoms with van der Waals surface area (Å²) in [6, 6.07) is 13.5. The topological polar surface area (TPSA) is 52.0 Å². The van der Waals surface area contributed by atoms with Crippen molar-refractivity contribution < 1.29 is 1.37 Å². The Kier molecular flexibility index (Phi) is 1.82. The molecule has 0 aliphatic carbocycles. The van der Waals surface area contributed by atoms with E-state index in [9.17, 15) is 0 Å².